The third kappa shape index (κ3) is 2.78. The van der Waals surface area contributed by atoms with Crippen molar-refractivity contribution in [1.29, 1.82) is 0 Å². The maximum atomic E-state index is 13.3. The van der Waals surface area contributed by atoms with Gasteiger partial charge < -0.3 is 5.32 Å². The molecular formula is C17H25NO3S. The highest BCUT2D eigenvalue weighted by molar-refractivity contribution is 7.93. The van der Waals surface area contributed by atoms with E-state index < -0.39 is 14.6 Å². The lowest BCUT2D eigenvalue weighted by atomic mass is 10.1. The highest BCUT2D eigenvalue weighted by atomic mass is 32.2. The average molecular weight is 323 g/mol. The fraction of sp³-hybridized carbons (Fsp3) is 0.588. The van der Waals surface area contributed by atoms with Gasteiger partial charge in [0, 0.05) is 6.54 Å². The van der Waals surface area contributed by atoms with Gasteiger partial charge in [0.2, 0.25) is 5.91 Å². The zero-order valence-electron chi connectivity index (χ0n) is 13.6. The molecule has 0 heterocycles. The predicted octanol–water partition coefficient (Wildman–Crippen LogP) is 2.92. The standard InChI is InChI=1S/C17H25NO3S/c1-4-11-18-16(19)17(9-5-6-10-17)22(20,21)15-12-13(2)7-8-14(15)3/h7-8,12H,4-6,9-11H2,1-3H3,(H,18,19). The molecule has 0 atom stereocenters. The maximum absolute atomic E-state index is 13.3. The molecule has 122 valence electrons. The first-order chi connectivity index (χ1) is 10.3. The molecular weight excluding hydrogens is 298 g/mol. The topological polar surface area (TPSA) is 63.2 Å². The Morgan fingerprint density at radius 1 is 1.23 bits per heavy atom. The van der Waals surface area contributed by atoms with E-state index in [1.807, 2.05) is 26.0 Å². The number of carbonyl (C=O) groups excluding carboxylic acids is 1. The molecule has 1 amide bonds. The SMILES string of the molecule is CCCNC(=O)C1(S(=O)(=O)c2cc(C)ccc2C)CCCC1. The van der Waals surface area contributed by atoms with E-state index in [9.17, 15) is 13.2 Å². The number of benzene rings is 1. The van der Waals surface area contributed by atoms with Crippen LogP contribution in [0.4, 0.5) is 0 Å². The molecule has 0 aliphatic heterocycles. The van der Waals surface area contributed by atoms with Crippen LogP contribution in [0.25, 0.3) is 0 Å². The number of amides is 1. The van der Waals surface area contributed by atoms with Gasteiger partial charge in [0.1, 0.15) is 0 Å². The number of rotatable bonds is 5. The second kappa shape index (κ2) is 6.41. The summed E-state index contributed by atoms with van der Waals surface area (Å²) in [7, 11) is -3.70. The lowest BCUT2D eigenvalue weighted by molar-refractivity contribution is -0.123. The molecule has 1 aromatic carbocycles. The molecule has 0 unspecified atom stereocenters. The molecule has 22 heavy (non-hydrogen) atoms. The molecule has 4 nitrogen and oxygen atoms in total. The first-order valence-corrected chi connectivity index (χ1v) is 9.43. The summed E-state index contributed by atoms with van der Waals surface area (Å²) < 4.78 is 25.3. The summed E-state index contributed by atoms with van der Waals surface area (Å²) in [6.07, 6.45) is 3.19. The van der Waals surface area contributed by atoms with Gasteiger partial charge in [0.25, 0.3) is 0 Å². The number of hydrogen-bond donors (Lipinski definition) is 1. The maximum Gasteiger partial charge on any atom is 0.241 e. The first kappa shape index (κ1) is 17.0. The normalized spacial score (nSPS) is 17.4. The summed E-state index contributed by atoms with van der Waals surface area (Å²) in [6, 6.07) is 5.40. The molecule has 1 aliphatic carbocycles. The van der Waals surface area contributed by atoms with Crippen molar-refractivity contribution in [2.24, 2.45) is 0 Å². The minimum Gasteiger partial charge on any atom is -0.355 e. The predicted molar refractivity (Wildman–Crippen MR) is 87.6 cm³/mol. The minimum atomic E-state index is -3.70. The van der Waals surface area contributed by atoms with Crippen molar-refractivity contribution in [3.05, 3.63) is 29.3 Å². The third-order valence-corrected chi connectivity index (χ3v) is 7.15. The van der Waals surface area contributed by atoms with Crippen molar-refractivity contribution in [2.75, 3.05) is 6.54 Å². The molecule has 1 N–H and O–H groups in total. The average Bonchev–Trinajstić information content (AvgIpc) is 2.98. The molecule has 0 bridgehead atoms. The molecule has 1 aliphatic rings. The molecule has 0 saturated heterocycles. The zero-order valence-corrected chi connectivity index (χ0v) is 14.4. The Bertz CT molecular complexity index is 658. The van der Waals surface area contributed by atoms with Gasteiger partial charge in [0.15, 0.2) is 14.6 Å². The van der Waals surface area contributed by atoms with E-state index in [4.69, 9.17) is 0 Å². The Kier molecular flexibility index (Phi) is 4.95. The van der Waals surface area contributed by atoms with Crippen LogP contribution in [-0.2, 0) is 14.6 Å². The van der Waals surface area contributed by atoms with Crippen LogP contribution in [0, 0.1) is 13.8 Å². The van der Waals surface area contributed by atoms with Crippen LogP contribution in [0.15, 0.2) is 23.1 Å². The Morgan fingerprint density at radius 3 is 2.45 bits per heavy atom. The Hall–Kier alpha value is -1.36. The Balaban J connectivity index is 2.51. The largest absolute Gasteiger partial charge is 0.355 e. The Morgan fingerprint density at radius 2 is 1.86 bits per heavy atom. The summed E-state index contributed by atoms with van der Waals surface area (Å²) >= 11 is 0. The quantitative estimate of drug-likeness (QED) is 0.906. The molecule has 2 rings (SSSR count). The molecule has 1 fully saturated rings. The second-order valence-electron chi connectivity index (χ2n) is 6.23. The van der Waals surface area contributed by atoms with Crippen LogP contribution in [0.1, 0.15) is 50.2 Å². The fourth-order valence-corrected chi connectivity index (χ4v) is 5.57. The second-order valence-corrected chi connectivity index (χ2v) is 8.46. The molecule has 0 spiro atoms. The molecule has 1 aromatic rings. The van der Waals surface area contributed by atoms with Crippen LogP contribution in [0.5, 0.6) is 0 Å². The number of sulfone groups is 1. The van der Waals surface area contributed by atoms with Gasteiger partial charge in [-0.05, 0) is 50.3 Å². The summed E-state index contributed by atoms with van der Waals surface area (Å²) in [6.45, 7) is 6.14. The van der Waals surface area contributed by atoms with Crippen molar-refractivity contribution in [1.82, 2.24) is 5.32 Å². The van der Waals surface area contributed by atoms with Gasteiger partial charge in [0.05, 0.1) is 4.90 Å². The van der Waals surface area contributed by atoms with Crippen molar-refractivity contribution >= 4 is 15.7 Å². The van der Waals surface area contributed by atoms with E-state index in [0.29, 0.717) is 29.8 Å². The smallest absolute Gasteiger partial charge is 0.241 e. The molecule has 0 radical (unpaired) electrons. The summed E-state index contributed by atoms with van der Waals surface area (Å²) in [5.74, 6) is -0.326. The van der Waals surface area contributed by atoms with E-state index in [1.165, 1.54) is 0 Å². The lowest BCUT2D eigenvalue weighted by Gasteiger charge is -2.28. The van der Waals surface area contributed by atoms with E-state index in [-0.39, 0.29) is 5.91 Å². The lowest BCUT2D eigenvalue weighted by Crippen LogP contribution is -2.51. The number of nitrogens with one attached hydrogen (secondary N) is 1. The van der Waals surface area contributed by atoms with Gasteiger partial charge in [-0.3, -0.25) is 4.79 Å². The fourth-order valence-electron chi connectivity index (χ4n) is 3.17. The van der Waals surface area contributed by atoms with Crippen molar-refractivity contribution in [3.8, 4) is 0 Å². The van der Waals surface area contributed by atoms with Crippen LogP contribution in [0.2, 0.25) is 0 Å². The van der Waals surface area contributed by atoms with Gasteiger partial charge in [-0.1, -0.05) is 31.9 Å². The summed E-state index contributed by atoms with van der Waals surface area (Å²) in [5.41, 5.74) is 1.60. The van der Waals surface area contributed by atoms with Gasteiger partial charge in [-0.2, -0.15) is 0 Å². The van der Waals surface area contributed by atoms with Crippen LogP contribution < -0.4 is 5.32 Å². The van der Waals surface area contributed by atoms with Gasteiger partial charge in [-0.25, -0.2) is 8.42 Å². The molecule has 0 aromatic heterocycles. The van der Waals surface area contributed by atoms with Gasteiger partial charge >= 0.3 is 0 Å². The van der Waals surface area contributed by atoms with Crippen molar-refractivity contribution in [3.63, 3.8) is 0 Å². The van der Waals surface area contributed by atoms with E-state index >= 15 is 0 Å². The molecule has 5 heteroatoms. The van der Waals surface area contributed by atoms with Crippen molar-refractivity contribution < 1.29 is 13.2 Å². The highest BCUT2D eigenvalue weighted by Gasteiger charge is 2.53. The number of aryl methyl sites for hydroxylation is 2. The Labute approximate surface area is 133 Å². The van der Waals surface area contributed by atoms with E-state index in [0.717, 1.165) is 24.8 Å². The minimum absolute atomic E-state index is 0.307. The zero-order chi connectivity index (χ0) is 16.4. The van der Waals surface area contributed by atoms with E-state index in [2.05, 4.69) is 5.32 Å². The van der Waals surface area contributed by atoms with Crippen molar-refractivity contribution in [2.45, 2.75) is 62.5 Å². The van der Waals surface area contributed by atoms with Crippen LogP contribution >= 0.6 is 0 Å². The first-order valence-electron chi connectivity index (χ1n) is 7.95. The van der Waals surface area contributed by atoms with Gasteiger partial charge in [-0.15, -0.1) is 0 Å². The summed E-state index contributed by atoms with van der Waals surface area (Å²) in [5, 5.41) is 2.81. The molecule has 1 saturated carbocycles. The van der Waals surface area contributed by atoms with Crippen LogP contribution in [-0.4, -0.2) is 25.6 Å². The monoisotopic (exact) mass is 323 g/mol. The summed E-state index contributed by atoms with van der Waals surface area (Å²) in [4.78, 5) is 13.0. The number of carbonyl (C=O) groups is 1. The third-order valence-electron chi connectivity index (χ3n) is 4.51. The number of hydrogen-bond acceptors (Lipinski definition) is 3. The van der Waals surface area contributed by atoms with Crippen LogP contribution in [0.3, 0.4) is 0 Å². The van der Waals surface area contributed by atoms with E-state index in [1.54, 1.807) is 13.0 Å². The highest BCUT2D eigenvalue weighted by Crippen LogP contribution is 2.41.